The van der Waals surface area contributed by atoms with E-state index in [4.69, 9.17) is 23.2 Å². The van der Waals surface area contributed by atoms with Gasteiger partial charge in [-0.3, -0.25) is 13.9 Å². The van der Waals surface area contributed by atoms with E-state index in [-0.39, 0.29) is 39.0 Å². The van der Waals surface area contributed by atoms with Gasteiger partial charge in [0.05, 0.1) is 10.6 Å². The highest BCUT2D eigenvalue weighted by Crippen LogP contribution is 2.30. The van der Waals surface area contributed by atoms with Gasteiger partial charge >= 0.3 is 0 Å². The monoisotopic (exact) mass is 617 g/mol. The molecule has 3 aromatic carbocycles. The maximum atomic E-state index is 14.1. The third-order valence-corrected chi connectivity index (χ3v) is 8.80. The van der Waals surface area contributed by atoms with Crippen LogP contribution in [-0.4, -0.2) is 50.8 Å². The Labute approximate surface area is 253 Å². The smallest absolute Gasteiger partial charge is 0.264 e. The molecule has 0 aliphatic carbocycles. The molecule has 0 aliphatic heterocycles. The molecule has 1 N–H and O–H groups in total. The predicted molar refractivity (Wildman–Crippen MR) is 166 cm³/mol. The molecule has 3 aromatic rings. The molecular weight excluding hydrogens is 581 g/mol. The zero-order valence-corrected chi connectivity index (χ0v) is 26.1. The summed E-state index contributed by atoms with van der Waals surface area (Å²) < 4.78 is 28.9. The molecule has 0 saturated carbocycles. The van der Waals surface area contributed by atoms with Crippen LogP contribution in [-0.2, 0) is 26.0 Å². The van der Waals surface area contributed by atoms with Crippen LogP contribution < -0.4 is 9.62 Å². The summed E-state index contributed by atoms with van der Waals surface area (Å²) in [5.74, 6) is -0.562. The number of halogens is 2. The van der Waals surface area contributed by atoms with E-state index in [0.29, 0.717) is 19.4 Å². The van der Waals surface area contributed by atoms with E-state index in [1.165, 1.54) is 35.2 Å². The zero-order valence-electron chi connectivity index (χ0n) is 23.8. The molecule has 0 bridgehead atoms. The number of amides is 2. The first-order valence-corrected chi connectivity index (χ1v) is 15.8. The van der Waals surface area contributed by atoms with Crippen molar-refractivity contribution in [2.24, 2.45) is 5.92 Å². The fourth-order valence-corrected chi connectivity index (χ4v) is 6.28. The number of nitrogens with one attached hydrogen (secondary N) is 1. The second-order valence-corrected chi connectivity index (χ2v) is 13.1. The van der Waals surface area contributed by atoms with E-state index in [0.717, 1.165) is 15.4 Å². The van der Waals surface area contributed by atoms with Crippen LogP contribution in [0.25, 0.3) is 0 Å². The summed E-state index contributed by atoms with van der Waals surface area (Å²) >= 11 is 12.5. The van der Waals surface area contributed by atoms with Crippen LogP contribution in [0.2, 0.25) is 10.0 Å². The molecule has 220 valence electrons. The number of hydrogen-bond donors (Lipinski definition) is 1. The molecule has 1 unspecified atom stereocenters. The van der Waals surface area contributed by atoms with Gasteiger partial charge in [-0.25, -0.2) is 8.42 Å². The van der Waals surface area contributed by atoms with Gasteiger partial charge in [-0.1, -0.05) is 92.0 Å². The van der Waals surface area contributed by atoms with Crippen molar-refractivity contribution in [3.63, 3.8) is 0 Å². The van der Waals surface area contributed by atoms with E-state index in [2.05, 4.69) is 5.32 Å². The maximum absolute atomic E-state index is 14.1. The summed E-state index contributed by atoms with van der Waals surface area (Å²) in [6, 6.07) is 19.6. The molecule has 1 atom stereocenters. The molecule has 0 spiro atoms. The molecule has 2 amide bonds. The molecule has 0 fully saturated rings. The third-order valence-electron chi connectivity index (χ3n) is 6.58. The lowest BCUT2D eigenvalue weighted by atomic mass is 10.1. The lowest BCUT2D eigenvalue weighted by Gasteiger charge is -2.33. The predicted octanol–water partition coefficient (Wildman–Crippen LogP) is 6.12. The maximum Gasteiger partial charge on any atom is 0.264 e. The van der Waals surface area contributed by atoms with Crippen molar-refractivity contribution in [2.75, 3.05) is 23.9 Å². The van der Waals surface area contributed by atoms with Gasteiger partial charge in [-0.05, 0) is 61.6 Å². The summed E-state index contributed by atoms with van der Waals surface area (Å²) in [5.41, 5.74) is 2.04. The van der Waals surface area contributed by atoms with Crippen molar-refractivity contribution in [1.82, 2.24) is 10.2 Å². The molecule has 0 saturated heterocycles. The second-order valence-electron chi connectivity index (χ2n) is 10.3. The normalized spacial score (nSPS) is 12.2. The first-order valence-electron chi connectivity index (χ1n) is 13.6. The van der Waals surface area contributed by atoms with Gasteiger partial charge in [0.15, 0.2) is 0 Å². The van der Waals surface area contributed by atoms with Crippen LogP contribution in [0.5, 0.6) is 0 Å². The Balaban J connectivity index is 2.03. The van der Waals surface area contributed by atoms with Gasteiger partial charge in [0, 0.05) is 23.1 Å². The number of nitrogens with zero attached hydrogens (tertiary/aromatic N) is 2. The van der Waals surface area contributed by atoms with Crippen LogP contribution in [0.15, 0.2) is 77.7 Å². The van der Waals surface area contributed by atoms with Crippen molar-refractivity contribution >= 4 is 50.7 Å². The van der Waals surface area contributed by atoms with E-state index >= 15 is 0 Å². The van der Waals surface area contributed by atoms with Gasteiger partial charge in [0.2, 0.25) is 11.8 Å². The van der Waals surface area contributed by atoms with Gasteiger partial charge in [0.1, 0.15) is 12.6 Å². The van der Waals surface area contributed by atoms with Gasteiger partial charge < -0.3 is 10.2 Å². The Bertz CT molecular complexity index is 1410. The number of anilines is 1. The van der Waals surface area contributed by atoms with Gasteiger partial charge in [0.25, 0.3) is 10.0 Å². The Morgan fingerprint density at radius 3 is 2.10 bits per heavy atom. The zero-order chi connectivity index (χ0) is 30.2. The Kier molecular flexibility index (Phi) is 11.6. The van der Waals surface area contributed by atoms with Crippen molar-refractivity contribution in [3.05, 3.63) is 94.0 Å². The Morgan fingerprint density at radius 2 is 1.54 bits per heavy atom. The minimum absolute atomic E-state index is 0.0181. The van der Waals surface area contributed by atoms with Gasteiger partial charge in [-0.2, -0.15) is 0 Å². The number of rotatable bonds is 13. The summed E-state index contributed by atoms with van der Waals surface area (Å²) in [7, 11) is -4.21. The van der Waals surface area contributed by atoms with Crippen molar-refractivity contribution in [2.45, 2.75) is 51.5 Å². The van der Waals surface area contributed by atoms with Gasteiger partial charge in [-0.15, -0.1) is 0 Å². The molecule has 7 nitrogen and oxygen atoms in total. The quantitative estimate of drug-likeness (QED) is 0.250. The van der Waals surface area contributed by atoms with Crippen molar-refractivity contribution in [3.8, 4) is 0 Å². The van der Waals surface area contributed by atoms with Crippen LogP contribution in [0.4, 0.5) is 5.69 Å². The minimum atomic E-state index is -4.21. The third kappa shape index (κ3) is 8.96. The molecular formula is C31H37Cl2N3O4S. The molecule has 41 heavy (non-hydrogen) atoms. The number of hydrogen-bond acceptors (Lipinski definition) is 4. The number of carbonyl (C=O) groups is 2. The standard InChI is InChI=1S/C31H37Cl2N3O4S/c1-5-29(31(38)34-20-22(2)3)35(16-15-24-9-7-6-8-10-24)30(37)21-36(27-18-25(32)17-26(33)19-27)41(39,40)28-13-11-23(4)12-14-28/h6-14,17-19,22,29H,5,15-16,20-21H2,1-4H3,(H,34,38). The van der Waals surface area contributed by atoms with E-state index in [9.17, 15) is 18.0 Å². The molecule has 10 heteroatoms. The molecule has 0 aliphatic rings. The first-order chi connectivity index (χ1) is 19.4. The van der Waals surface area contributed by atoms with E-state index < -0.39 is 28.5 Å². The van der Waals surface area contributed by atoms with Crippen molar-refractivity contribution < 1.29 is 18.0 Å². The summed E-state index contributed by atoms with van der Waals surface area (Å²) in [6.45, 7) is 7.81. The van der Waals surface area contributed by atoms with E-state index in [1.807, 2.05) is 58.0 Å². The SMILES string of the molecule is CCC(C(=O)NCC(C)C)N(CCc1ccccc1)C(=O)CN(c1cc(Cl)cc(Cl)c1)S(=O)(=O)c1ccc(C)cc1. The number of aryl methyl sites for hydroxylation is 1. The molecule has 0 heterocycles. The topological polar surface area (TPSA) is 86.8 Å². The number of sulfonamides is 1. The van der Waals surface area contributed by atoms with Crippen LogP contribution in [0.1, 0.15) is 38.3 Å². The largest absolute Gasteiger partial charge is 0.354 e. The fourth-order valence-electron chi connectivity index (χ4n) is 4.37. The molecule has 3 rings (SSSR count). The lowest BCUT2D eigenvalue weighted by Crippen LogP contribution is -2.53. The summed E-state index contributed by atoms with van der Waals surface area (Å²) in [4.78, 5) is 28.8. The average Bonchev–Trinajstić information content (AvgIpc) is 2.92. The molecule has 0 radical (unpaired) electrons. The first kappa shape index (κ1) is 32.4. The van der Waals surface area contributed by atoms with E-state index in [1.54, 1.807) is 12.1 Å². The fraction of sp³-hybridized carbons (Fsp3) is 0.355. The minimum Gasteiger partial charge on any atom is -0.354 e. The van der Waals surface area contributed by atoms with Crippen LogP contribution >= 0.6 is 23.2 Å². The average molecular weight is 619 g/mol. The highest BCUT2D eigenvalue weighted by molar-refractivity contribution is 7.92. The van der Waals surface area contributed by atoms with Crippen molar-refractivity contribution in [1.29, 1.82) is 0 Å². The summed E-state index contributed by atoms with van der Waals surface area (Å²) in [6.07, 6.45) is 0.854. The van der Waals surface area contributed by atoms with Crippen LogP contribution in [0, 0.1) is 12.8 Å². The Morgan fingerprint density at radius 1 is 0.927 bits per heavy atom. The lowest BCUT2D eigenvalue weighted by molar-refractivity contribution is -0.139. The Hall–Kier alpha value is -3.07. The number of benzene rings is 3. The highest BCUT2D eigenvalue weighted by atomic mass is 35.5. The molecule has 0 aromatic heterocycles. The second kappa shape index (κ2) is 14.7. The highest BCUT2D eigenvalue weighted by Gasteiger charge is 2.33. The summed E-state index contributed by atoms with van der Waals surface area (Å²) in [5, 5.41) is 3.38. The van der Waals surface area contributed by atoms with Crippen LogP contribution in [0.3, 0.4) is 0 Å². The number of carbonyl (C=O) groups excluding carboxylic acids is 2.